The van der Waals surface area contributed by atoms with Gasteiger partial charge in [0.05, 0.1) is 0 Å². The summed E-state index contributed by atoms with van der Waals surface area (Å²) in [6, 6.07) is -3.91. The summed E-state index contributed by atoms with van der Waals surface area (Å²) in [5.41, 5.74) is 0. The maximum atomic E-state index is 11.7. The number of carbonyl (C=O) groups is 3. The summed E-state index contributed by atoms with van der Waals surface area (Å²) in [5, 5.41) is 37.7. The highest BCUT2D eigenvalue weighted by Crippen LogP contribution is 2.40. The zero-order valence-electron chi connectivity index (χ0n) is 16.0. The van der Waals surface area contributed by atoms with Crippen LogP contribution >= 0.6 is 15.2 Å². The number of aliphatic carboxylic acids is 3. The molecule has 0 radical (unpaired) electrons. The van der Waals surface area contributed by atoms with Crippen LogP contribution in [0.3, 0.4) is 0 Å². The summed E-state index contributed by atoms with van der Waals surface area (Å²) in [5.74, 6) is -6.20. The SMILES string of the molecule is CC(C)C(C(=O)O)N(CCN(CP(=O)(O)O)CP(=O)(O)O)C(C(=O)O)C(O)C(=O)O. The largest absolute Gasteiger partial charge is 0.480 e. The average molecular weight is 480 g/mol. The van der Waals surface area contributed by atoms with Crippen LogP contribution in [0.15, 0.2) is 0 Å². The lowest BCUT2D eigenvalue weighted by Crippen LogP contribution is -2.60. The molecule has 0 aromatic carbocycles. The van der Waals surface area contributed by atoms with Crippen LogP contribution in [0.1, 0.15) is 13.8 Å². The fraction of sp³-hybridized carbons (Fsp3) is 0.769. The molecule has 0 fully saturated rings. The monoisotopic (exact) mass is 480 g/mol. The van der Waals surface area contributed by atoms with Crippen LogP contribution in [0.2, 0.25) is 0 Å². The fourth-order valence-electron chi connectivity index (χ4n) is 2.82. The Morgan fingerprint density at radius 2 is 1.17 bits per heavy atom. The van der Waals surface area contributed by atoms with Crippen LogP contribution in [0.4, 0.5) is 0 Å². The van der Waals surface area contributed by atoms with E-state index in [1.54, 1.807) is 0 Å². The molecule has 15 nitrogen and oxygen atoms in total. The Balaban J connectivity index is 6.08. The van der Waals surface area contributed by atoms with Gasteiger partial charge in [-0.15, -0.1) is 0 Å². The first kappa shape index (κ1) is 28.6. The zero-order valence-corrected chi connectivity index (χ0v) is 17.8. The van der Waals surface area contributed by atoms with Gasteiger partial charge in [0, 0.05) is 13.1 Å². The first-order valence-corrected chi connectivity index (χ1v) is 11.9. The van der Waals surface area contributed by atoms with Gasteiger partial charge in [0.1, 0.15) is 24.7 Å². The van der Waals surface area contributed by atoms with Gasteiger partial charge in [-0.1, -0.05) is 13.8 Å². The predicted octanol–water partition coefficient (Wildman–Crippen LogP) is -2.13. The van der Waals surface area contributed by atoms with Crippen molar-refractivity contribution in [2.45, 2.75) is 32.0 Å². The van der Waals surface area contributed by atoms with Gasteiger partial charge in [0.2, 0.25) is 0 Å². The Bertz CT molecular complexity index is 694. The van der Waals surface area contributed by atoms with E-state index in [9.17, 15) is 38.8 Å². The van der Waals surface area contributed by atoms with Crippen molar-refractivity contribution in [1.29, 1.82) is 0 Å². The lowest BCUT2D eigenvalue weighted by Gasteiger charge is -2.38. The molecule has 0 aliphatic heterocycles. The lowest BCUT2D eigenvalue weighted by molar-refractivity contribution is -0.167. The lowest BCUT2D eigenvalue weighted by atomic mass is 9.98. The molecule has 0 heterocycles. The third-order valence-electron chi connectivity index (χ3n) is 3.85. The van der Waals surface area contributed by atoms with Crippen molar-refractivity contribution < 1.29 is 63.5 Å². The van der Waals surface area contributed by atoms with Gasteiger partial charge in [-0.05, 0) is 5.92 Å². The molecular formula is C13H26N2O13P2. The van der Waals surface area contributed by atoms with E-state index in [1.807, 2.05) is 0 Å². The van der Waals surface area contributed by atoms with Crippen molar-refractivity contribution in [3.8, 4) is 0 Å². The van der Waals surface area contributed by atoms with Gasteiger partial charge >= 0.3 is 33.1 Å². The van der Waals surface area contributed by atoms with Crippen LogP contribution in [-0.4, -0.2) is 112 Å². The number of carboxylic acid groups (broad SMARTS) is 3. The second kappa shape index (κ2) is 11.3. The Labute approximate surface area is 170 Å². The van der Waals surface area contributed by atoms with Gasteiger partial charge in [-0.2, -0.15) is 0 Å². The van der Waals surface area contributed by atoms with E-state index in [1.165, 1.54) is 13.8 Å². The minimum Gasteiger partial charge on any atom is -0.480 e. The van der Waals surface area contributed by atoms with E-state index in [4.69, 9.17) is 24.7 Å². The van der Waals surface area contributed by atoms with Crippen molar-refractivity contribution in [1.82, 2.24) is 9.80 Å². The highest BCUT2D eigenvalue weighted by Gasteiger charge is 2.44. The summed E-state index contributed by atoms with van der Waals surface area (Å²) in [6.45, 7) is 1.40. The second-order valence-corrected chi connectivity index (χ2v) is 10.1. The molecule has 176 valence electrons. The smallest absolute Gasteiger partial charge is 0.339 e. The summed E-state index contributed by atoms with van der Waals surface area (Å²) in [4.78, 5) is 72.0. The fourth-order valence-corrected chi connectivity index (χ4v) is 4.50. The molecule has 0 aromatic heterocycles. The first-order chi connectivity index (χ1) is 13.4. The number of carboxylic acids is 3. The van der Waals surface area contributed by atoms with Crippen LogP contribution < -0.4 is 0 Å². The van der Waals surface area contributed by atoms with Crippen LogP contribution in [0, 0.1) is 5.92 Å². The second-order valence-electron chi connectivity index (χ2n) is 6.84. The van der Waals surface area contributed by atoms with E-state index < -0.39 is 82.9 Å². The number of aliphatic hydroxyl groups excluding tert-OH is 1. The molecule has 17 heteroatoms. The van der Waals surface area contributed by atoms with E-state index in [-0.39, 0.29) is 0 Å². The molecule has 0 bridgehead atoms. The van der Waals surface area contributed by atoms with E-state index in [2.05, 4.69) is 0 Å². The maximum Gasteiger partial charge on any atom is 0.339 e. The van der Waals surface area contributed by atoms with Gasteiger partial charge in [-0.25, -0.2) is 4.79 Å². The summed E-state index contributed by atoms with van der Waals surface area (Å²) >= 11 is 0. The Kier molecular flexibility index (Phi) is 10.7. The Morgan fingerprint density at radius 3 is 1.43 bits per heavy atom. The van der Waals surface area contributed by atoms with Crippen molar-refractivity contribution in [3.05, 3.63) is 0 Å². The number of aliphatic hydroxyl groups is 1. The predicted molar refractivity (Wildman–Crippen MR) is 98.6 cm³/mol. The normalized spacial score (nSPS) is 15.9. The quantitative estimate of drug-likeness (QED) is 0.124. The Morgan fingerprint density at radius 1 is 0.767 bits per heavy atom. The Hall–Kier alpha value is -1.41. The molecule has 3 unspecified atom stereocenters. The molecule has 0 aliphatic carbocycles. The molecule has 0 saturated carbocycles. The topological polar surface area (TPSA) is 254 Å². The standard InChI is InChI=1S/C13H26N2O13P2/c1-7(2)8(11(17)18)15(9(12(19)20)10(16)13(21)22)4-3-14(5-29(23,24)25)6-30(26,27)28/h7-10,16H,3-6H2,1-2H3,(H,17,18)(H,19,20)(H,21,22)(H2,23,24,25)(H2,26,27,28). The van der Waals surface area contributed by atoms with Gasteiger partial charge in [-0.3, -0.25) is 28.5 Å². The molecule has 0 saturated heterocycles. The van der Waals surface area contributed by atoms with Crippen molar-refractivity contribution in [2.75, 3.05) is 25.7 Å². The molecule has 8 N–H and O–H groups in total. The first-order valence-electron chi connectivity index (χ1n) is 8.31. The van der Waals surface area contributed by atoms with Crippen molar-refractivity contribution >= 4 is 33.1 Å². The minimum atomic E-state index is -4.82. The average Bonchev–Trinajstić information content (AvgIpc) is 2.47. The number of rotatable bonds is 14. The summed E-state index contributed by atoms with van der Waals surface area (Å²) in [7, 11) is -9.64. The molecule has 0 aromatic rings. The highest BCUT2D eigenvalue weighted by atomic mass is 31.2. The summed E-state index contributed by atoms with van der Waals surface area (Å²) in [6.07, 6.45) is -4.82. The van der Waals surface area contributed by atoms with E-state index in [0.29, 0.717) is 9.80 Å². The number of hydrogen-bond acceptors (Lipinski definition) is 8. The third-order valence-corrected chi connectivity index (χ3v) is 5.38. The van der Waals surface area contributed by atoms with Crippen LogP contribution in [-0.2, 0) is 23.5 Å². The molecule has 0 aliphatic rings. The third kappa shape index (κ3) is 10.1. The maximum absolute atomic E-state index is 11.7. The number of nitrogens with zero attached hydrogens (tertiary/aromatic N) is 2. The molecule has 0 spiro atoms. The van der Waals surface area contributed by atoms with E-state index >= 15 is 0 Å². The zero-order chi connectivity index (χ0) is 24.0. The van der Waals surface area contributed by atoms with Crippen LogP contribution in [0.5, 0.6) is 0 Å². The molecular weight excluding hydrogens is 454 g/mol. The molecule has 3 atom stereocenters. The van der Waals surface area contributed by atoms with Crippen LogP contribution in [0.25, 0.3) is 0 Å². The minimum absolute atomic E-state index is 0.597. The van der Waals surface area contributed by atoms with Crippen molar-refractivity contribution in [2.24, 2.45) is 5.92 Å². The number of hydrogen-bond donors (Lipinski definition) is 8. The molecule has 0 amide bonds. The highest BCUT2D eigenvalue weighted by molar-refractivity contribution is 7.52. The molecule has 0 rings (SSSR count). The van der Waals surface area contributed by atoms with Gasteiger partial charge in [0.15, 0.2) is 6.10 Å². The summed E-state index contributed by atoms with van der Waals surface area (Å²) < 4.78 is 22.5. The van der Waals surface area contributed by atoms with Gasteiger partial charge < -0.3 is 40.0 Å². The van der Waals surface area contributed by atoms with E-state index in [0.717, 1.165) is 0 Å². The van der Waals surface area contributed by atoms with Crippen molar-refractivity contribution in [3.63, 3.8) is 0 Å². The van der Waals surface area contributed by atoms with Gasteiger partial charge in [0.25, 0.3) is 0 Å². The molecule has 30 heavy (non-hydrogen) atoms.